The summed E-state index contributed by atoms with van der Waals surface area (Å²) < 4.78 is 47.2. The fourth-order valence-electron chi connectivity index (χ4n) is 4.12. The van der Waals surface area contributed by atoms with Gasteiger partial charge in [-0.3, -0.25) is 4.79 Å². The van der Waals surface area contributed by atoms with Gasteiger partial charge in [0.1, 0.15) is 11.9 Å². The first kappa shape index (κ1) is 18.6. The zero-order chi connectivity index (χ0) is 19.7. The number of rotatable bonds is 4. The van der Waals surface area contributed by atoms with Gasteiger partial charge in [0.05, 0.1) is 0 Å². The number of fused-ring (bicyclic) bond motifs is 2. The smallest absolute Gasteiger partial charge is 0.474 e. The number of piperidine rings is 1. The van der Waals surface area contributed by atoms with E-state index in [1.165, 1.54) is 18.2 Å². The second-order valence-electron chi connectivity index (χ2n) is 7.05. The Hall–Kier alpha value is -2.77. The zero-order valence-electron chi connectivity index (χ0n) is 14.9. The normalized spacial score (nSPS) is 24.1. The van der Waals surface area contributed by atoms with E-state index in [4.69, 9.17) is 4.74 Å². The van der Waals surface area contributed by atoms with Crippen LogP contribution >= 0.6 is 0 Å². The number of nitrogens with zero attached hydrogens (tertiary/aromatic N) is 2. The van der Waals surface area contributed by atoms with Crippen LogP contribution in [0.3, 0.4) is 0 Å². The minimum absolute atomic E-state index is 0.00662. The molecule has 28 heavy (non-hydrogen) atoms. The van der Waals surface area contributed by atoms with E-state index < -0.39 is 6.36 Å². The number of aromatic nitrogens is 1. The van der Waals surface area contributed by atoms with Gasteiger partial charge < -0.3 is 14.4 Å². The Morgan fingerprint density at radius 3 is 2.46 bits per heavy atom. The standard InChI is InChI=1S/C20H19F3N2O3/c21-20(22,23)28-16-5-3-4-13(10-16)19(26)25-14-7-8-15(25)12-17(11-14)27-18-6-1-2-9-24-18/h1-6,9-10,14-15,17H,7-8,11-12H2. The maximum Gasteiger partial charge on any atom is 0.573 e. The third-order valence-corrected chi connectivity index (χ3v) is 5.16. The Balaban J connectivity index is 1.46. The molecule has 0 aliphatic carbocycles. The van der Waals surface area contributed by atoms with Gasteiger partial charge in [-0.15, -0.1) is 13.2 Å². The van der Waals surface area contributed by atoms with Crippen molar-refractivity contribution >= 4 is 5.91 Å². The molecule has 3 heterocycles. The van der Waals surface area contributed by atoms with Gasteiger partial charge in [-0.1, -0.05) is 12.1 Å². The fourth-order valence-corrected chi connectivity index (χ4v) is 4.12. The molecule has 2 fully saturated rings. The molecular weight excluding hydrogens is 373 g/mol. The second kappa shape index (κ2) is 7.33. The number of hydrogen-bond acceptors (Lipinski definition) is 4. The van der Waals surface area contributed by atoms with Crippen LogP contribution in [-0.4, -0.2) is 40.3 Å². The van der Waals surface area contributed by atoms with Crippen LogP contribution in [-0.2, 0) is 0 Å². The maximum atomic E-state index is 13.0. The van der Waals surface area contributed by atoms with Crippen LogP contribution in [0.1, 0.15) is 36.0 Å². The number of carbonyl (C=O) groups is 1. The SMILES string of the molecule is O=C(c1cccc(OC(F)(F)F)c1)N1C2CCC1CC(Oc1ccccn1)C2. The van der Waals surface area contributed by atoms with Crippen molar-refractivity contribution in [3.8, 4) is 11.6 Å². The summed E-state index contributed by atoms with van der Waals surface area (Å²) in [5.41, 5.74) is 0.197. The Bertz CT molecular complexity index is 830. The van der Waals surface area contributed by atoms with E-state index in [-0.39, 0.29) is 35.4 Å². The van der Waals surface area contributed by atoms with Crippen molar-refractivity contribution in [3.63, 3.8) is 0 Å². The number of benzene rings is 1. The average molecular weight is 392 g/mol. The average Bonchev–Trinajstić information content (AvgIpc) is 2.91. The Labute approximate surface area is 160 Å². The largest absolute Gasteiger partial charge is 0.573 e. The molecule has 2 aliphatic rings. The van der Waals surface area contributed by atoms with E-state index in [9.17, 15) is 18.0 Å². The number of amides is 1. The minimum Gasteiger partial charge on any atom is -0.474 e. The molecule has 2 aliphatic heterocycles. The van der Waals surface area contributed by atoms with Crippen LogP contribution in [0.15, 0.2) is 48.7 Å². The number of halogens is 3. The fraction of sp³-hybridized carbons (Fsp3) is 0.400. The van der Waals surface area contributed by atoms with Crippen molar-refractivity contribution in [1.29, 1.82) is 0 Å². The van der Waals surface area contributed by atoms with Crippen LogP contribution < -0.4 is 9.47 Å². The molecule has 1 aromatic carbocycles. The molecule has 2 bridgehead atoms. The first-order chi connectivity index (χ1) is 13.4. The lowest BCUT2D eigenvalue weighted by atomic mass is 9.98. The molecular formula is C20H19F3N2O3. The van der Waals surface area contributed by atoms with Gasteiger partial charge in [-0.05, 0) is 37.1 Å². The predicted octanol–water partition coefficient (Wildman–Crippen LogP) is 4.19. The molecule has 2 aromatic rings. The third kappa shape index (κ3) is 4.05. The molecule has 0 saturated carbocycles. The van der Waals surface area contributed by atoms with E-state index >= 15 is 0 Å². The molecule has 2 saturated heterocycles. The molecule has 5 nitrogen and oxygen atoms in total. The van der Waals surface area contributed by atoms with E-state index in [1.807, 2.05) is 12.1 Å². The molecule has 1 amide bonds. The molecule has 0 N–H and O–H groups in total. The summed E-state index contributed by atoms with van der Waals surface area (Å²) in [5.74, 6) is -0.0980. The zero-order valence-corrected chi connectivity index (χ0v) is 14.9. The summed E-state index contributed by atoms with van der Waals surface area (Å²) in [5, 5.41) is 0. The highest BCUT2D eigenvalue weighted by Crippen LogP contribution is 2.38. The Morgan fingerprint density at radius 1 is 1.07 bits per heavy atom. The summed E-state index contributed by atoms with van der Waals surface area (Å²) in [6, 6.07) is 10.7. The molecule has 2 atom stereocenters. The lowest BCUT2D eigenvalue weighted by Gasteiger charge is -2.38. The highest BCUT2D eigenvalue weighted by Gasteiger charge is 2.44. The van der Waals surface area contributed by atoms with Crippen molar-refractivity contribution in [1.82, 2.24) is 9.88 Å². The number of pyridine rings is 1. The number of hydrogen-bond donors (Lipinski definition) is 0. The Morgan fingerprint density at radius 2 is 1.82 bits per heavy atom. The summed E-state index contributed by atoms with van der Waals surface area (Å²) in [7, 11) is 0. The molecule has 0 spiro atoms. The van der Waals surface area contributed by atoms with E-state index in [0.717, 1.165) is 18.9 Å². The molecule has 4 rings (SSSR count). The molecule has 2 unspecified atom stereocenters. The second-order valence-corrected chi connectivity index (χ2v) is 7.05. The maximum absolute atomic E-state index is 13.0. The molecule has 8 heteroatoms. The van der Waals surface area contributed by atoms with Crippen molar-refractivity contribution in [3.05, 3.63) is 54.2 Å². The van der Waals surface area contributed by atoms with Crippen LogP contribution in [0.2, 0.25) is 0 Å². The molecule has 148 valence electrons. The highest BCUT2D eigenvalue weighted by atomic mass is 19.4. The summed E-state index contributed by atoms with van der Waals surface area (Å²) in [4.78, 5) is 19.0. The minimum atomic E-state index is -4.79. The lowest BCUT2D eigenvalue weighted by molar-refractivity contribution is -0.274. The molecule has 1 aromatic heterocycles. The Kier molecular flexibility index (Phi) is 4.87. The summed E-state index contributed by atoms with van der Waals surface area (Å²) >= 11 is 0. The van der Waals surface area contributed by atoms with Crippen molar-refractivity contribution in [2.45, 2.75) is 50.2 Å². The van der Waals surface area contributed by atoms with Gasteiger partial charge in [0.25, 0.3) is 5.91 Å². The first-order valence-electron chi connectivity index (χ1n) is 9.15. The predicted molar refractivity (Wildman–Crippen MR) is 94.0 cm³/mol. The number of ether oxygens (including phenoxy) is 2. The van der Waals surface area contributed by atoms with Crippen LogP contribution in [0, 0.1) is 0 Å². The van der Waals surface area contributed by atoms with Crippen LogP contribution in [0.4, 0.5) is 13.2 Å². The summed E-state index contributed by atoms with van der Waals surface area (Å²) in [6.07, 6.45) is -0.0827. The third-order valence-electron chi connectivity index (χ3n) is 5.16. The monoisotopic (exact) mass is 392 g/mol. The summed E-state index contributed by atoms with van der Waals surface area (Å²) in [6.45, 7) is 0. The van der Waals surface area contributed by atoms with Crippen molar-refractivity contribution in [2.24, 2.45) is 0 Å². The quantitative estimate of drug-likeness (QED) is 0.783. The highest BCUT2D eigenvalue weighted by molar-refractivity contribution is 5.95. The molecule has 0 radical (unpaired) electrons. The van der Waals surface area contributed by atoms with Crippen molar-refractivity contribution in [2.75, 3.05) is 0 Å². The number of alkyl halides is 3. The van der Waals surface area contributed by atoms with Crippen LogP contribution in [0.25, 0.3) is 0 Å². The van der Waals surface area contributed by atoms with Gasteiger partial charge in [0, 0.05) is 42.8 Å². The van der Waals surface area contributed by atoms with Gasteiger partial charge in [-0.2, -0.15) is 0 Å². The van der Waals surface area contributed by atoms with Gasteiger partial charge in [-0.25, -0.2) is 4.98 Å². The van der Waals surface area contributed by atoms with E-state index in [0.29, 0.717) is 18.7 Å². The topological polar surface area (TPSA) is 51.7 Å². The van der Waals surface area contributed by atoms with E-state index in [2.05, 4.69) is 9.72 Å². The van der Waals surface area contributed by atoms with Crippen molar-refractivity contribution < 1.29 is 27.4 Å². The number of carbonyl (C=O) groups excluding carboxylic acids is 1. The van der Waals surface area contributed by atoms with Gasteiger partial charge >= 0.3 is 6.36 Å². The lowest BCUT2D eigenvalue weighted by Crippen LogP contribution is -2.49. The van der Waals surface area contributed by atoms with Gasteiger partial charge in [0.15, 0.2) is 0 Å². The van der Waals surface area contributed by atoms with Crippen LogP contribution in [0.5, 0.6) is 11.6 Å². The first-order valence-corrected chi connectivity index (χ1v) is 9.15. The van der Waals surface area contributed by atoms with Gasteiger partial charge in [0.2, 0.25) is 5.88 Å². The van der Waals surface area contributed by atoms with E-state index in [1.54, 1.807) is 17.2 Å².